The van der Waals surface area contributed by atoms with Gasteiger partial charge in [0.15, 0.2) is 12.2 Å². The van der Waals surface area contributed by atoms with E-state index in [1.807, 2.05) is 18.2 Å². The van der Waals surface area contributed by atoms with Gasteiger partial charge in [-0.25, -0.2) is 9.13 Å². The second-order valence-corrected chi connectivity index (χ2v) is 27.4. The molecule has 0 saturated heterocycles. The highest BCUT2D eigenvalue weighted by atomic mass is 31.2. The van der Waals surface area contributed by atoms with Crippen LogP contribution in [0.25, 0.3) is 0 Å². The fourth-order valence-electron chi connectivity index (χ4n) is 9.65. The summed E-state index contributed by atoms with van der Waals surface area (Å²) in [6.45, 7) is 4.49. The lowest BCUT2D eigenvalue weighted by atomic mass is 10.0. The van der Waals surface area contributed by atoms with Gasteiger partial charge in [-0.3, -0.25) is 37.3 Å². The maximum absolute atomic E-state index is 13.0. The first kappa shape index (κ1) is 91.7. The lowest BCUT2D eigenvalue weighted by Gasteiger charge is -2.21. The molecule has 0 aromatic carbocycles. The van der Waals surface area contributed by atoms with Gasteiger partial charge in [0, 0.05) is 19.3 Å². The third kappa shape index (κ3) is 68.3. The summed E-state index contributed by atoms with van der Waals surface area (Å²) in [5, 5.41) is 10.6. The van der Waals surface area contributed by atoms with Crippen LogP contribution in [0.3, 0.4) is 0 Å². The predicted molar refractivity (Wildman–Crippen MR) is 390 cm³/mol. The van der Waals surface area contributed by atoms with E-state index in [9.17, 15) is 43.2 Å². The summed E-state index contributed by atoms with van der Waals surface area (Å²) in [7, 11) is -9.97. The molecule has 0 amide bonds. The zero-order valence-electron chi connectivity index (χ0n) is 60.0. The van der Waals surface area contributed by atoms with Gasteiger partial charge in [0.05, 0.1) is 32.8 Å². The molecule has 0 saturated carbocycles. The summed E-state index contributed by atoms with van der Waals surface area (Å²) in [4.78, 5) is 72.7. The van der Waals surface area contributed by atoms with E-state index in [1.165, 1.54) is 77.0 Å². The van der Waals surface area contributed by atoms with Crippen LogP contribution in [-0.2, 0) is 65.4 Å². The molecule has 0 spiro atoms. The maximum Gasteiger partial charge on any atom is 0.472 e. The van der Waals surface area contributed by atoms with Crippen LogP contribution in [0.15, 0.2) is 109 Å². The third-order valence-electron chi connectivity index (χ3n) is 15.3. The summed E-state index contributed by atoms with van der Waals surface area (Å²) < 4.78 is 68.2. The Morgan fingerprint density at radius 3 is 0.948 bits per heavy atom. The molecule has 0 aliphatic rings. The average Bonchev–Trinajstić information content (AvgIpc) is 1.36. The van der Waals surface area contributed by atoms with E-state index in [-0.39, 0.29) is 25.7 Å². The van der Waals surface area contributed by atoms with E-state index in [1.54, 1.807) is 6.08 Å². The molecule has 0 radical (unpaired) electrons. The second kappa shape index (κ2) is 69.2. The van der Waals surface area contributed by atoms with Gasteiger partial charge < -0.3 is 33.8 Å². The normalized spacial score (nSPS) is 14.6. The van der Waals surface area contributed by atoms with Crippen LogP contribution in [0.2, 0.25) is 0 Å². The minimum absolute atomic E-state index is 0.0547. The molecular formula is C77H132O17P2. The first-order valence-corrected chi connectivity index (χ1v) is 40.1. The lowest BCUT2D eigenvalue weighted by Crippen LogP contribution is -2.30. The van der Waals surface area contributed by atoms with Crippen molar-refractivity contribution < 1.29 is 80.2 Å². The van der Waals surface area contributed by atoms with E-state index in [2.05, 4.69) is 113 Å². The minimum atomic E-state index is -5.00. The third-order valence-corrected chi connectivity index (χ3v) is 17.2. The number of ether oxygens (including phenoxy) is 4. The highest BCUT2D eigenvalue weighted by molar-refractivity contribution is 7.47. The molecule has 552 valence electrons. The number of aliphatic hydroxyl groups is 1. The number of unbranched alkanes of at least 4 members (excludes halogenated alkanes) is 26. The van der Waals surface area contributed by atoms with Crippen molar-refractivity contribution in [3.05, 3.63) is 109 Å². The van der Waals surface area contributed by atoms with Gasteiger partial charge in [0.25, 0.3) is 0 Å². The van der Waals surface area contributed by atoms with Crippen molar-refractivity contribution in [2.75, 3.05) is 39.6 Å². The minimum Gasteiger partial charge on any atom is -0.462 e. The molecule has 0 aliphatic carbocycles. The molecule has 0 fully saturated rings. The fraction of sp³-hybridized carbons (Fsp3) is 0.714. The smallest absolute Gasteiger partial charge is 0.462 e. The highest BCUT2D eigenvalue weighted by Crippen LogP contribution is 2.45. The van der Waals surface area contributed by atoms with Crippen LogP contribution in [-0.4, -0.2) is 96.7 Å². The van der Waals surface area contributed by atoms with Crippen molar-refractivity contribution in [1.29, 1.82) is 0 Å². The first-order chi connectivity index (χ1) is 46.7. The Hall–Kier alpha value is -4.28. The summed E-state index contributed by atoms with van der Waals surface area (Å²) in [6, 6.07) is 0. The van der Waals surface area contributed by atoms with E-state index in [0.717, 1.165) is 141 Å². The molecule has 19 heteroatoms. The summed E-state index contributed by atoms with van der Waals surface area (Å²) >= 11 is 0. The van der Waals surface area contributed by atoms with Crippen molar-refractivity contribution in [3.8, 4) is 0 Å². The number of allylic oxidation sites excluding steroid dienone is 17. The van der Waals surface area contributed by atoms with Gasteiger partial charge in [-0.15, -0.1) is 0 Å². The number of phosphoric ester groups is 2. The number of aliphatic hydroxyl groups excluding tert-OH is 1. The Morgan fingerprint density at radius 1 is 0.312 bits per heavy atom. The van der Waals surface area contributed by atoms with Gasteiger partial charge in [-0.1, -0.05) is 272 Å². The van der Waals surface area contributed by atoms with Gasteiger partial charge in [-0.05, 0) is 109 Å². The van der Waals surface area contributed by atoms with Crippen LogP contribution < -0.4 is 0 Å². The summed E-state index contributed by atoms with van der Waals surface area (Å²) in [6.07, 6.45) is 72.6. The Bertz CT molecular complexity index is 2250. The first-order valence-electron chi connectivity index (χ1n) is 37.1. The summed E-state index contributed by atoms with van der Waals surface area (Å²) in [5.74, 6) is -2.34. The molecule has 0 bridgehead atoms. The number of carbonyl (C=O) groups is 4. The number of carbonyl (C=O) groups excluding carboxylic acids is 4. The Morgan fingerprint density at radius 2 is 0.583 bits per heavy atom. The van der Waals surface area contributed by atoms with E-state index < -0.39 is 97.5 Å². The average molecular weight is 1390 g/mol. The van der Waals surface area contributed by atoms with E-state index in [0.29, 0.717) is 25.7 Å². The molecule has 96 heavy (non-hydrogen) atoms. The largest absolute Gasteiger partial charge is 0.472 e. The summed E-state index contributed by atoms with van der Waals surface area (Å²) in [5.41, 5.74) is 0. The quantitative estimate of drug-likeness (QED) is 0.0169. The molecule has 17 nitrogen and oxygen atoms in total. The van der Waals surface area contributed by atoms with Crippen molar-refractivity contribution in [2.45, 2.75) is 316 Å². The molecule has 0 aromatic heterocycles. The maximum atomic E-state index is 13.0. The topological polar surface area (TPSA) is 237 Å². The molecule has 0 aliphatic heterocycles. The monoisotopic (exact) mass is 1390 g/mol. The van der Waals surface area contributed by atoms with Crippen molar-refractivity contribution in [3.63, 3.8) is 0 Å². The number of rotatable bonds is 69. The van der Waals surface area contributed by atoms with Gasteiger partial charge in [0.1, 0.15) is 19.3 Å². The molecule has 5 atom stereocenters. The SMILES string of the molecule is CC/C=C\C/C=C\C/C=C\C/C=C\C/C=C\CC(=O)OCC(COP(=O)(O)OCC(O)COP(=O)(O)OCC(COC(=O)CCCCCCC/C=C\CCCCCC)OC(=O)CCCCCCCCCCCCCCC)OC(=O)CCCCCCC/C=C\C/C=C\C/C=C\CC. The number of phosphoric acid groups is 2. The van der Waals surface area contributed by atoms with E-state index in [4.69, 9.17) is 37.0 Å². The van der Waals surface area contributed by atoms with Gasteiger partial charge in [-0.2, -0.15) is 0 Å². The molecule has 5 unspecified atom stereocenters. The molecular weight excluding hydrogens is 1260 g/mol. The van der Waals surface area contributed by atoms with Crippen LogP contribution in [0, 0.1) is 0 Å². The molecule has 0 aromatic rings. The number of hydrogen-bond donors (Lipinski definition) is 3. The number of esters is 4. The van der Waals surface area contributed by atoms with Gasteiger partial charge >= 0.3 is 39.5 Å². The fourth-order valence-corrected chi connectivity index (χ4v) is 11.2. The molecule has 3 N–H and O–H groups in total. The Kier molecular flexibility index (Phi) is 66.1. The van der Waals surface area contributed by atoms with Crippen molar-refractivity contribution in [1.82, 2.24) is 0 Å². The second-order valence-electron chi connectivity index (χ2n) is 24.5. The van der Waals surface area contributed by atoms with Crippen LogP contribution >= 0.6 is 15.6 Å². The van der Waals surface area contributed by atoms with Crippen molar-refractivity contribution in [2.24, 2.45) is 0 Å². The van der Waals surface area contributed by atoms with Crippen LogP contribution in [0.5, 0.6) is 0 Å². The van der Waals surface area contributed by atoms with Crippen LogP contribution in [0.4, 0.5) is 0 Å². The Labute approximate surface area is 581 Å². The number of hydrogen-bond acceptors (Lipinski definition) is 15. The van der Waals surface area contributed by atoms with Crippen molar-refractivity contribution >= 4 is 39.5 Å². The zero-order valence-corrected chi connectivity index (χ0v) is 61.8. The van der Waals surface area contributed by atoms with Gasteiger partial charge in [0.2, 0.25) is 0 Å². The molecule has 0 rings (SSSR count). The predicted octanol–water partition coefficient (Wildman–Crippen LogP) is 21.0. The zero-order chi connectivity index (χ0) is 70.4. The molecule has 0 heterocycles. The Balaban J connectivity index is 5.42. The lowest BCUT2D eigenvalue weighted by molar-refractivity contribution is -0.161. The van der Waals surface area contributed by atoms with E-state index >= 15 is 0 Å². The highest BCUT2D eigenvalue weighted by Gasteiger charge is 2.30. The standard InChI is InChI=1S/C77H132O17P2/c1-5-9-13-17-21-25-29-33-35-39-42-46-50-54-58-62-75(80)88-68-73(94-77(82)64-60-56-52-48-44-40-36-34-30-26-22-18-14-10-6-2)70-92-96(85,86)90-66-71(78)65-89-95(83,84)91-69-72(93-76(81)63-59-55-51-47-43-38-32-28-24-20-16-12-8-4)67-87-74(79)61-57-53-49-45-41-37-31-27-23-19-15-11-7-3/h9-10,13-14,21-22,25-27,31,33-36,42,46,54,58,71-73,78H,5-8,11-12,15-20,23-24,28-30,32,37-41,43-45,47-53,55-57,59-70H2,1-4H3,(H,83,84)(H,85,86)/b13-9-,14-10-,25-21-,26-22-,31-27-,35-33-,36-34-,46-42-,58-54-. The van der Waals surface area contributed by atoms with Crippen LogP contribution in [0.1, 0.15) is 297 Å².